The normalized spacial score (nSPS) is 23.9. The van der Waals surface area contributed by atoms with Crippen LogP contribution in [0.5, 0.6) is 0 Å². The number of ether oxygens (including phenoxy) is 1. The zero-order valence-electron chi connectivity index (χ0n) is 15.8. The summed E-state index contributed by atoms with van der Waals surface area (Å²) in [6, 6.07) is 4.79. The van der Waals surface area contributed by atoms with Gasteiger partial charge in [-0.05, 0) is 31.4 Å². The summed E-state index contributed by atoms with van der Waals surface area (Å²) in [6.07, 6.45) is 9.06. The third kappa shape index (κ3) is 3.57. The van der Waals surface area contributed by atoms with Crippen LogP contribution in [-0.2, 0) is 4.74 Å². The van der Waals surface area contributed by atoms with Crippen molar-refractivity contribution in [1.29, 1.82) is 0 Å². The van der Waals surface area contributed by atoms with Gasteiger partial charge in [-0.25, -0.2) is 4.98 Å². The minimum Gasteiger partial charge on any atom is -0.378 e. The summed E-state index contributed by atoms with van der Waals surface area (Å²) in [4.78, 5) is 29.7. The molecule has 1 amide bonds. The van der Waals surface area contributed by atoms with Gasteiger partial charge in [0.05, 0.1) is 24.0 Å². The van der Waals surface area contributed by atoms with E-state index in [1.165, 1.54) is 5.56 Å². The lowest BCUT2D eigenvalue weighted by Crippen LogP contribution is -2.60. The lowest BCUT2D eigenvalue weighted by Gasteiger charge is -2.52. The standard InChI is InChI=1S/C20H25N5O2/c1-14-10-23-17(12-22-14)20(26)24-8-5-16(6-9-24)25-13-18(27-2)19(25)15-4-3-7-21-11-15/h3-4,7,10-12,16,18-19H,5-6,8-9,13H2,1-2H3. The number of amides is 1. The topological polar surface area (TPSA) is 71.5 Å². The summed E-state index contributed by atoms with van der Waals surface area (Å²) in [5.74, 6) is -0.0249. The zero-order chi connectivity index (χ0) is 18.8. The minimum absolute atomic E-state index is 0.0249. The van der Waals surface area contributed by atoms with Crippen LogP contribution < -0.4 is 0 Å². The Morgan fingerprint density at radius 3 is 2.63 bits per heavy atom. The first-order valence-corrected chi connectivity index (χ1v) is 9.43. The highest BCUT2D eigenvalue weighted by molar-refractivity contribution is 5.92. The highest BCUT2D eigenvalue weighted by atomic mass is 16.5. The van der Waals surface area contributed by atoms with Crippen molar-refractivity contribution in [1.82, 2.24) is 24.8 Å². The summed E-state index contributed by atoms with van der Waals surface area (Å²) in [7, 11) is 1.77. The number of nitrogens with zero attached hydrogens (tertiary/aromatic N) is 5. The van der Waals surface area contributed by atoms with Gasteiger partial charge in [0.2, 0.25) is 0 Å². The molecule has 0 aromatic carbocycles. The highest BCUT2D eigenvalue weighted by Crippen LogP contribution is 2.39. The molecule has 27 heavy (non-hydrogen) atoms. The zero-order valence-corrected chi connectivity index (χ0v) is 15.8. The molecule has 2 unspecified atom stereocenters. The largest absolute Gasteiger partial charge is 0.378 e. The summed E-state index contributed by atoms with van der Waals surface area (Å²) < 4.78 is 5.65. The molecule has 0 radical (unpaired) electrons. The maximum Gasteiger partial charge on any atom is 0.274 e. The predicted molar refractivity (Wildman–Crippen MR) is 100 cm³/mol. The van der Waals surface area contributed by atoms with E-state index in [1.54, 1.807) is 25.7 Å². The molecule has 0 spiro atoms. The van der Waals surface area contributed by atoms with Gasteiger partial charge in [-0.1, -0.05) is 6.07 Å². The van der Waals surface area contributed by atoms with Crippen LogP contribution in [-0.4, -0.2) is 69.5 Å². The van der Waals surface area contributed by atoms with Gasteiger partial charge in [0.1, 0.15) is 5.69 Å². The molecule has 2 fully saturated rings. The van der Waals surface area contributed by atoms with E-state index in [2.05, 4.69) is 25.9 Å². The average Bonchev–Trinajstić information content (AvgIpc) is 2.69. The van der Waals surface area contributed by atoms with E-state index in [0.29, 0.717) is 11.7 Å². The molecular weight excluding hydrogens is 342 g/mol. The van der Waals surface area contributed by atoms with E-state index >= 15 is 0 Å². The van der Waals surface area contributed by atoms with Crippen molar-refractivity contribution in [3.8, 4) is 0 Å². The Labute approximate surface area is 159 Å². The monoisotopic (exact) mass is 367 g/mol. The minimum atomic E-state index is -0.0249. The van der Waals surface area contributed by atoms with Gasteiger partial charge in [0.25, 0.3) is 5.91 Å². The van der Waals surface area contributed by atoms with Crippen molar-refractivity contribution < 1.29 is 9.53 Å². The smallest absolute Gasteiger partial charge is 0.274 e. The van der Waals surface area contributed by atoms with Crippen molar-refractivity contribution in [2.75, 3.05) is 26.7 Å². The quantitative estimate of drug-likeness (QED) is 0.821. The van der Waals surface area contributed by atoms with Crippen molar-refractivity contribution in [3.63, 3.8) is 0 Å². The molecule has 0 bridgehead atoms. The van der Waals surface area contributed by atoms with Crippen LogP contribution >= 0.6 is 0 Å². The van der Waals surface area contributed by atoms with Crippen LogP contribution in [0.2, 0.25) is 0 Å². The van der Waals surface area contributed by atoms with Gasteiger partial charge in [-0.15, -0.1) is 0 Å². The lowest BCUT2D eigenvalue weighted by molar-refractivity contribution is -0.115. The number of hydrogen-bond acceptors (Lipinski definition) is 6. The summed E-state index contributed by atoms with van der Waals surface area (Å²) in [5, 5.41) is 0. The second-order valence-electron chi connectivity index (χ2n) is 7.27. The van der Waals surface area contributed by atoms with E-state index in [9.17, 15) is 4.79 Å². The molecule has 0 aliphatic carbocycles. The van der Waals surface area contributed by atoms with Crippen molar-refractivity contribution in [2.24, 2.45) is 0 Å². The Bertz CT molecular complexity index is 775. The lowest BCUT2D eigenvalue weighted by atomic mass is 9.87. The second-order valence-corrected chi connectivity index (χ2v) is 7.27. The number of rotatable bonds is 4. The van der Waals surface area contributed by atoms with Crippen LogP contribution in [0.25, 0.3) is 0 Å². The summed E-state index contributed by atoms with van der Waals surface area (Å²) in [6.45, 7) is 4.28. The van der Waals surface area contributed by atoms with Crippen molar-refractivity contribution in [3.05, 3.63) is 53.9 Å². The van der Waals surface area contributed by atoms with Crippen molar-refractivity contribution >= 4 is 5.91 Å². The van der Waals surface area contributed by atoms with Gasteiger partial charge in [0.15, 0.2) is 0 Å². The number of carbonyl (C=O) groups excluding carboxylic acids is 1. The number of hydrogen-bond donors (Lipinski definition) is 0. The second kappa shape index (κ2) is 7.70. The Morgan fingerprint density at radius 1 is 1.19 bits per heavy atom. The Hall–Kier alpha value is -2.38. The third-order valence-corrected chi connectivity index (χ3v) is 5.65. The highest BCUT2D eigenvalue weighted by Gasteiger charge is 2.44. The third-order valence-electron chi connectivity index (χ3n) is 5.65. The predicted octanol–water partition coefficient (Wildman–Crippen LogP) is 1.86. The van der Waals surface area contributed by atoms with Crippen LogP contribution in [0.1, 0.15) is 40.6 Å². The number of methoxy groups -OCH3 is 1. The van der Waals surface area contributed by atoms with Gasteiger partial charge in [0, 0.05) is 51.4 Å². The molecular formula is C20H25N5O2. The molecule has 0 saturated carbocycles. The molecule has 142 valence electrons. The van der Waals surface area contributed by atoms with E-state index in [1.807, 2.05) is 24.1 Å². The van der Waals surface area contributed by atoms with Gasteiger partial charge in [-0.2, -0.15) is 0 Å². The Kier molecular flexibility index (Phi) is 5.13. The number of piperidine rings is 1. The number of likely N-dealkylation sites (tertiary alicyclic amines) is 2. The maximum absolute atomic E-state index is 12.6. The first-order valence-electron chi connectivity index (χ1n) is 9.43. The Morgan fingerprint density at radius 2 is 2.00 bits per heavy atom. The van der Waals surface area contributed by atoms with E-state index in [-0.39, 0.29) is 18.1 Å². The molecule has 2 atom stereocenters. The molecule has 0 N–H and O–H groups in total. The molecule has 2 aromatic heterocycles. The number of aromatic nitrogens is 3. The van der Waals surface area contributed by atoms with Gasteiger partial charge < -0.3 is 9.64 Å². The van der Waals surface area contributed by atoms with Crippen LogP contribution in [0.4, 0.5) is 0 Å². The fraction of sp³-hybridized carbons (Fsp3) is 0.500. The molecule has 7 heteroatoms. The maximum atomic E-state index is 12.6. The molecule has 4 rings (SSSR count). The number of pyridine rings is 1. The number of carbonyl (C=O) groups is 1. The molecule has 2 aromatic rings. The molecule has 2 aliphatic rings. The molecule has 7 nitrogen and oxygen atoms in total. The van der Waals surface area contributed by atoms with E-state index < -0.39 is 0 Å². The summed E-state index contributed by atoms with van der Waals surface area (Å²) >= 11 is 0. The van der Waals surface area contributed by atoms with Gasteiger partial charge in [-0.3, -0.25) is 19.7 Å². The van der Waals surface area contributed by atoms with Crippen LogP contribution in [0.15, 0.2) is 36.9 Å². The van der Waals surface area contributed by atoms with Gasteiger partial charge >= 0.3 is 0 Å². The molecule has 2 saturated heterocycles. The molecule has 4 heterocycles. The fourth-order valence-electron chi connectivity index (χ4n) is 4.10. The SMILES string of the molecule is COC1CN(C2CCN(C(=O)c3cnc(C)cn3)CC2)C1c1cccnc1. The first kappa shape index (κ1) is 18.0. The van der Waals surface area contributed by atoms with Crippen LogP contribution in [0, 0.1) is 6.92 Å². The van der Waals surface area contributed by atoms with E-state index in [0.717, 1.165) is 38.2 Å². The average molecular weight is 367 g/mol. The summed E-state index contributed by atoms with van der Waals surface area (Å²) in [5.41, 5.74) is 2.44. The van der Waals surface area contributed by atoms with Crippen molar-refractivity contribution in [2.45, 2.75) is 38.0 Å². The number of aryl methyl sites for hydroxylation is 1. The fourth-order valence-corrected chi connectivity index (χ4v) is 4.10. The Balaban J connectivity index is 1.39. The van der Waals surface area contributed by atoms with Crippen LogP contribution in [0.3, 0.4) is 0 Å². The first-order chi connectivity index (χ1) is 13.2. The molecule has 2 aliphatic heterocycles. The van der Waals surface area contributed by atoms with E-state index in [4.69, 9.17) is 4.74 Å².